The molecule has 2 aliphatic carbocycles. The van der Waals surface area contributed by atoms with Gasteiger partial charge in [0, 0.05) is 8.95 Å². The highest BCUT2D eigenvalue weighted by Gasteiger charge is 2.51. The van der Waals surface area contributed by atoms with Crippen molar-refractivity contribution in [3.63, 3.8) is 0 Å². The van der Waals surface area contributed by atoms with Gasteiger partial charge in [0.2, 0.25) is 0 Å². The lowest BCUT2D eigenvalue weighted by molar-refractivity contribution is 0.792. The summed E-state index contributed by atoms with van der Waals surface area (Å²) >= 11 is 7.40. The first-order chi connectivity index (χ1) is 14.1. The van der Waals surface area contributed by atoms with E-state index in [1.807, 2.05) is 6.07 Å². The summed E-state index contributed by atoms with van der Waals surface area (Å²) in [6.45, 7) is 0. The highest BCUT2D eigenvalue weighted by molar-refractivity contribution is 9.10. The molecule has 0 N–H and O–H groups in total. The molecule has 0 aliphatic heterocycles. The summed E-state index contributed by atoms with van der Waals surface area (Å²) in [5, 5.41) is 9.63. The summed E-state index contributed by atoms with van der Waals surface area (Å²) in [5.74, 6) is 0. The molecule has 0 aromatic heterocycles. The Kier molecular flexibility index (Phi) is 3.51. The number of hydrogen-bond donors (Lipinski definition) is 0. The lowest BCUT2D eigenvalue weighted by Crippen LogP contribution is -2.26. The molecule has 1 nitrogen and oxygen atoms in total. The predicted molar refractivity (Wildman–Crippen MR) is 123 cm³/mol. The molecule has 29 heavy (non-hydrogen) atoms. The molecule has 3 heteroatoms. The van der Waals surface area contributed by atoms with Crippen LogP contribution in [0, 0.1) is 11.3 Å². The van der Waals surface area contributed by atoms with Crippen LogP contribution < -0.4 is 0 Å². The van der Waals surface area contributed by atoms with Crippen molar-refractivity contribution in [2.24, 2.45) is 0 Å². The summed E-state index contributed by atoms with van der Waals surface area (Å²) < 4.78 is 2.12. The standard InChI is InChI=1S/C26H13Br2N/c27-16-6-9-20-21-10-7-17(28)13-25(21)26(24(20)12-16)22-4-2-1-3-18(22)19-8-5-15(14-29)11-23(19)26/h1-13H. The topological polar surface area (TPSA) is 23.8 Å². The van der Waals surface area contributed by atoms with E-state index >= 15 is 0 Å². The van der Waals surface area contributed by atoms with Gasteiger partial charge in [0.15, 0.2) is 0 Å². The Balaban J connectivity index is 1.87. The molecule has 6 rings (SSSR count). The van der Waals surface area contributed by atoms with Gasteiger partial charge in [-0.2, -0.15) is 5.26 Å². The highest BCUT2D eigenvalue weighted by atomic mass is 79.9. The maximum Gasteiger partial charge on any atom is 0.0991 e. The SMILES string of the molecule is N#Cc1ccc2c(c1)C1(c3ccccc3-2)c2cc(Br)ccc2-c2ccc(Br)cc21. The van der Waals surface area contributed by atoms with Crippen molar-refractivity contribution in [2.75, 3.05) is 0 Å². The third-order valence-corrected chi connectivity index (χ3v) is 7.22. The van der Waals surface area contributed by atoms with Gasteiger partial charge < -0.3 is 0 Å². The van der Waals surface area contributed by atoms with Gasteiger partial charge in [0.05, 0.1) is 17.0 Å². The zero-order valence-electron chi connectivity index (χ0n) is 15.2. The highest BCUT2D eigenvalue weighted by Crippen LogP contribution is 2.63. The maximum atomic E-state index is 9.63. The molecule has 0 amide bonds. The minimum atomic E-state index is -0.420. The molecular formula is C26H13Br2N. The maximum absolute atomic E-state index is 9.63. The molecule has 0 bridgehead atoms. The van der Waals surface area contributed by atoms with E-state index in [1.54, 1.807) is 0 Å². The molecule has 2 aliphatic rings. The van der Waals surface area contributed by atoms with Crippen molar-refractivity contribution < 1.29 is 0 Å². The molecule has 136 valence electrons. The van der Waals surface area contributed by atoms with E-state index < -0.39 is 5.41 Å². The summed E-state index contributed by atoms with van der Waals surface area (Å²) in [4.78, 5) is 0. The van der Waals surface area contributed by atoms with Crippen LogP contribution in [0.15, 0.2) is 87.8 Å². The van der Waals surface area contributed by atoms with Crippen LogP contribution in [0.25, 0.3) is 22.3 Å². The fraction of sp³-hybridized carbons (Fsp3) is 0.0385. The normalized spacial score (nSPS) is 14.1. The van der Waals surface area contributed by atoms with Crippen LogP contribution in [0.4, 0.5) is 0 Å². The zero-order valence-corrected chi connectivity index (χ0v) is 18.4. The molecule has 0 radical (unpaired) electrons. The van der Waals surface area contributed by atoms with E-state index in [-0.39, 0.29) is 0 Å². The van der Waals surface area contributed by atoms with Crippen molar-refractivity contribution >= 4 is 31.9 Å². The number of rotatable bonds is 0. The monoisotopic (exact) mass is 497 g/mol. The average molecular weight is 499 g/mol. The van der Waals surface area contributed by atoms with E-state index in [2.05, 4.69) is 111 Å². The van der Waals surface area contributed by atoms with Crippen LogP contribution in [0.1, 0.15) is 27.8 Å². The average Bonchev–Trinajstić information content (AvgIpc) is 3.19. The molecule has 0 saturated carbocycles. The lowest BCUT2D eigenvalue weighted by atomic mass is 9.70. The lowest BCUT2D eigenvalue weighted by Gasteiger charge is -2.30. The molecule has 0 heterocycles. The number of hydrogen-bond acceptors (Lipinski definition) is 1. The second-order valence-electron chi connectivity index (χ2n) is 7.55. The van der Waals surface area contributed by atoms with E-state index in [9.17, 15) is 5.26 Å². The number of nitriles is 1. The van der Waals surface area contributed by atoms with Crippen LogP contribution in [0.2, 0.25) is 0 Å². The first-order valence-corrected chi connectivity index (χ1v) is 11.0. The summed E-state index contributed by atoms with van der Waals surface area (Å²) in [6.07, 6.45) is 0. The van der Waals surface area contributed by atoms with Gasteiger partial charge in [-0.3, -0.25) is 0 Å². The van der Waals surface area contributed by atoms with Crippen molar-refractivity contribution in [3.8, 4) is 28.3 Å². The molecule has 4 aromatic carbocycles. The van der Waals surface area contributed by atoms with Crippen molar-refractivity contribution in [1.82, 2.24) is 0 Å². The van der Waals surface area contributed by atoms with Gasteiger partial charge in [-0.25, -0.2) is 0 Å². The van der Waals surface area contributed by atoms with Crippen LogP contribution in [-0.2, 0) is 5.41 Å². The van der Waals surface area contributed by atoms with E-state index in [4.69, 9.17) is 0 Å². The third kappa shape index (κ3) is 2.08. The minimum Gasteiger partial charge on any atom is -0.192 e. The molecule has 0 atom stereocenters. The van der Waals surface area contributed by atoms with E-state index in [0.717, 1.165) is 8.95 Å². The summed E-state index contributed by atoms with van der Waals surface area (Å²) in [5.41, 5.74) is 10.2. The Morgan fingerprint density at radius 3 is 1.72 bits per heavy atom. The molecule has 0 fully saturated rings. The Morgan fingerprint density at radius 1 is 0.586 bits per heavy atom. The fourth-order valence-corrected chi connectivity index (χ4v) is 5.92. The fourth-order valence-electron chi connectivity index (χ4n) is 5.20. The van der Waals surface area contributed by atoms with Crippen LogP contribution >= 0.6 is 31.9 Å². The summed E-state index contributed by atoms with van der Waals surface area (Å²) in [7, 11) is 0. The Hall–Kier alpha value is -2.67. The Labute approximate surface area is 185 Å². The first-order valence-electron chi connectivity index (χ1n) is 9.39. The van der Waals surface area contributed by atoms with Gasteiger partial charge in [-0.1, -0.05) is 74.3 Å². The number of benzene rings is 4. The largest absolute Gasteiger partial charge is 0.192 e. The van der Waals surface area contributed by atoms with Gasteiger partial charge in [0.1, 0.15) is 0 Å². The van der Waals surface area contributed by atoms with Gasteiger partial charge in [-0.15, -0.1) is 0 Å². The van der Waals surface area contributed by atoms with Gasteiger partial charge in [-0.05, 0) is 80.9 Å². The van der Waals surface area contributed by atoms with Crippen molar-refractivity contribution in [2.45, 2.75) is 5.41 Å². The van der Waals surface area contributed by atoms with Gasteiger partial charge in [0.25, 0.3) is 0 Å². The molecular weight excluding hydrogens is 486 g/mol. The first kappa shape index (κ1) is 17.2. The smallest absolute Gasteiger partial charge is 0.0991 e. The summed E-state index contributed by atoms with van der Waals surface area (Å²) in [6, 6.07) is 30.2. The zero-order chi connectivity index (χ0) is 19.8. The second-order valence-corrected chi connectivity index (χ2v) is 9.38. The number of nitrogens with zero attached hydrogens (tertiary/aromatic N) is 1. The van der Waals surface area contributed by atoms with Crippen molar-refractivity contribution in [3.05, 3.63) is 116 Å². The van der Waals surface area contributed by atoms with Crippen LogP contribution in [0.3, 0.4) is 0 Å². The number of halogens is 2. The number of fused-ring (bicyclic) bond motifs is 10. The molecule has 0 saturated heterocycles. The van der Waals surface area contributed by atoms with E-state index in [0.29, 0.717) is 5.56 Å². The molecule has 4 aromatic rings. The van der Waals surface area contributed by atoms with Crippen LogP contribution in [0.5, 0.6) is 0 Å². The van der Waals surface area contributed by atoms with Crippen LogP contribution in [-0.4, -0.2) is 0 Å². The Bertz CT molecular complexity index is 1340. The Morgan fingerprint density at radius 2 is 1.10 bits per heavy atom. The van der Waals surface area contributed by atoms with E-state index in [1.165, 1.54) is 44.5 Å². The predicted octanol–water partition coefficient (Wildman–Crippen LogP) is 7.43. The molecule has 1 spiro atoms. The second kappa shape index (κ2) is 5.92. The quantitative estimate of drug-likeness (QED) is 0.213. The van der Waals surface area contributed by atoms with Gasteiger partial charge >= 0.3 is 0 Å². The van der Waals surface area contributed by atoms with Crippen molar-refractivity contribution in [1.29, 1.82) is 5.26 Å². The third-order valence-electron chi connectivity index (χ3n) is 6.24. The molecule has 0 unspecified atom stereocenters. The minimum absolute atomic E-state index is 0.420.